The molecule has 1 aromatic rings. The second-order valence-corrected chi connectivity index (χ2v) is 1.56. The zero-order valence-electron chi connectivity index (χ0n) is 5.02. The maximum absolute atomic E-state index is 3.84. The third-order valence-corrected chi connectivity index (χ3v) is 0.760. The Morgan fingerprint density at radius 2 is 2.12 bits per heavy atom. The van der Waals surface area contributed by atoms with Crippen LogP contribution in [0.3, 0.4) is 0 Å². The van der Waals surface area contributed by atoms with Gasteiger partial charge in [0.2, 0.25) is 0 Å². The number of imidazole rings is 1. The number of aromatic nitrogens is 2. The predicted octanol–water partition coefficient (Wildman–Crippen LogP) is 0.824. The van der Waals surface area contributed by atoms with Crippen LogP contribution in [0.2, 0.25) is 0 Å². The van der Waals surface area contributed by atoms with Crippen LogP contribution in [0.5, 0.6) is 0 Å². The first-order valence-electron chi connectivity index (χ1n) is 2.20. The fourth-order valence-electron chi connectivity index (χ4n) is 0.495. The van der Waals surface area contributed by atoms with Crippen LogP contribution in [0.1, 0.15) is 11.5 Å². The molecule has 0 fully saturated rings. The number of hydrogen-bond acceptors (Lipinski definition) is 1. The summed E-state index contributed by atoms with van der Waals surface area (Å²) in [5, 5.41) is 0. The minimum absolute atomic E-state index is 0. The van der Waals surface area contributed by atoms with Gasteiger partial charge in [-0.3, -0.25) is 0 Å². The monoisotopic (exact) mass is 184 g/mol. The number of aromatic amines is 1. The number of nitrogens with zero attached hydrogens (tertiary/aromatic N) is 1. The van der Waals surface area contributed by atoms with E-state index in [0.29, 0.717) is 0 Å². The van der Waals surface area contributed by atoms with Gasteiger partial charge in [-0.2, -0.15) is 0 Å². The molecule has 1 radical (unpaired) electrons. The van der Waals surface area contributed by atoms with Gasteiger partial charge in [0.25, 0.3) is 0 Å². The van der Waals surface area contributed by atoms with Gasteiger partial charge in [-0.15, -0.1) is 6.20 Å². The predicted molar refractivity (Wildman–Crippen MR) is 26.9 cm³/mol. The van der Waals surface area contributed by atoms with E-state index in [9.17, 15) is 0 Å². The van der Waals surface area contributed by atoms with Gasteiger partial charge < -0.3 is 9.97 Å². The summed E-state index contributed by atoms with van der Waals surface area (Å²) in [6.07, 6.45) is 2.76. The molecule has 1 rings (SSSR count). The Morgan fingerprint density at radius 1 is 1.50 bits per heavy atom. The summed E-state index contributed by atoms with van der Waals surface area (Å²) in [5.74, 6) is 0.928. The molecule has 0 saturated heterocycles. The van der Waals surface area contributed by atoms with Gasteiger partial charge in [-0.1, -0.05) is 18.4 Å². The number of hydrogen-bond donors (Lipinski definition) is 1. The molecule has 0 amide bonds. The quantitative estimate of drug-likeness (QED) is 0.594. The third kappa shape index (κ3) is 2.06. The molecule has 0 spiro atoms. The van der Waals surface area contributed by atoms with Crippen LogP contribution < -0.4 is 0 Å². The molecule has 0 saturated carbocycles. The summed E-state index contributed by atoms with van der Waals surface area (Å²) in [5.41, 5.74) is 0.998. The molecule has 0 aliphatic rings. The first kappa shape index (κ1) is 8.31. The Morgan fingerprint density at radius 3 is 2.25 bits per heavy atom. The molecule has 0 atom stereocenters. The Kier molecular flexibility index (Phi) is 3.49. The van der Waals surface area contributed by atoms with E-state index >= 15 is 0 Å². The van der Waals surface area contributed by atoms with E-state index in [1.165, 1.54) is 0 Å². The molecule has 0 aliphatic heterocycles. The summed E-state index contributed by atoms with van der Waals surface area (Å²) in [7, 11) is 0. The second kappa shape index (κ2) is 3.36. The van der Waals surface area contributed by atoms with Crippen LogP contribution in [0.4, 0.5) is 0 Å². The molecule has 1 heterocycles. The van der Waals surface area contributed by atoms with E-state index < -0.39 is 0 Å². The fraction of sp³-hybridized carbons (Fsp3) is 0.400. The van der Waals surface area contributed by atoms with Gasteiger partial charge in [0.15, 0.2) is 0 Å². The van der Waals surface area contributed by atoms with Crippen LogP contribution in [-0.4, -0.2) is 9.97 Å². The van der Waals surface area contributed by atoms with Gasteiger partial charge >= 0.3 is 0 Å². The van der Waals surface area contributed by atoms with Gasteiger partial charge in [0.1, 0.15) is 0 Å². The van der Waals surface area contributed by atoms with Gasteiger partial charge in [0.05, 0.1) is 0 Å². The average molecular weight is 184 g/mol. The minimum Gasteiger partial charge on any atom is -0.439 e. The topological polar surface area (TPSA) is 28.7 Å². The number of H-pyrrole nitrogens is 1. The van der Waals surface area contributed by atoms with Crippen molar-refractivity contribution >= 4 is 0 Å². The first-order valence-corrected chi connectivity index (χ1v) is 2.20. The van der Waals surface area contributed by atoms with Crippen LogP contribution in [0.25, 0.3) is 0 Å². The zero-order chi connectivity index (χ0) is 5.28. The number of rotatable bonds is 0. The second-order valence-electron chi connectivity index (χ2n) is 1.56. The molecule has 0 unspecified atom stereocenters. The Bertz CT molecular complexity index is 143. The molecular formula is C5H7N2Y-. The van der Waals surface area contributed by atoms with Crippen molar-refractivity contribution in [1.29, 1.82) is 0 Å². The summed E-state index contributed by atoms with van der Waals surface area (Å²) >= 11 is 0. The Labute approximate surface area is 74.0 Å². The van der Waals surface area contributed by atoms with Crippen molar-refractivity contribution in [3.8, 4) is 0 Å². The van der Waals surface area contributed by atoms with Crippen LogP contribution in [-0.2, 0) is 32.7 Å². The maximum Gasteiger partial charge on any atom is 0 e. The third-order valence-electron chi connectivity index (χ3n) is 0.760. The first-order chi connectivity index (χ1) is 3.29. The maximum atomic E-state index is 3.84. The molecule has 41 valence electrons. The van der Waals surface area contributed by atoms with Crippen LogP contribution in [0, 0.1) is 20.0 Å². The van der Waals surface area contributed by atoms with E-state index in [4.69, 9.17) is 0 Å². The molecule has 2 nitrogen and oxygen atoms in total. The Hall–Kier alpha value is 0.314. The van der Waals surface area contributed by atoms with Crippen molar-refractivity contribution in [2.75, 3.05) is 0 Å². The van der Waals surface area contributed by atoms with E-state index in [0.717, 1.165) is 11.5 Å². The van der Waals surface area contributed by atoms with E-state index in [1.54, 1.807) is 0 Å². The fourth-order valence-corrected chi connectivity index (χ4v) is 0.495. The molecular weight excluding hydrogens is 177 g/mol. The van der Waals surface area contributed by atoms with Crippen LogP contribution >= 0.6 is 0 Å². The summed E-state index contributed by atoms with van der Waals surface area (Å²) in [4.78, 5) is 6.81. The van der Waals surface area contributed by atoms with Crippen molar-refractivity contribution in [3.63, 3.8) is 0 Å². The molecule has 1 N–H and O–H groups in total. The minimum atomic E-state index is 0. The number of aryl methyl sites for hydroxylation is 2. The smallest absolute Gasteiger partial charge is 0 e. The molecule has 0 aliphatic carbocycles. The largest absolute Gasteiger partial charge is 0.439 e. The van der Waals surface area contributed by atoms with E-state index in [-0.39, 0.29) is 32.7 Å². The van der Waals surface area contributed by atoms with Crippen molar-refractivity contribution in [2.24, 2.45) is 0 Å². The standard InChI is InChI=1S/C5H7N2.Y/c1-4-3-6-5(2)7-4;/h1-2H3,(H,6,7);/q-1;. The molecule has 1 aromatic heterocycles. The number of nitrogens with one attached hydrogen (secondary N) is 1. The summed E-state index contributed by atoms with van der Waals surface area (Å²) < 4.78 is 0. The Balaban J connectivity index is 0.000000490. The van der Waals surface area contributed by atoms with Crippen LogP contribution in [0.15, 0.2) is 0 Å². The zero-order valence-corrected chi connectivity index (χ0v) is 7.86. The van der Waals surface area contributed by atoms with E-state index in [2.05, 4.69) is 16.2 Å². The van der Waals surface area contributed by atoms with Gasteiger partial charge in [0, 0.05) is 32.7 Å². The van der Waals surface area contributed by atoms with Crippen molar-refractivity contribution in [1.82, 2.24) is 9.97 Å². The SMILES string of the molecule is Cc1[c-]nc(C)[nH]1.[Y]. The summed E-state index contributed by atoms with van der Waals surface area (Å²) in [6, 6.07) is 0. The van der Waals surface area contributed by atoms with E-state index in [1.807, 2.05) is 13.8 Å². The van der Waals surface area contributed by atoms with Gasteiger partial charge in [-0.05, 0) is 6.92 Å². The van der Waals surface area contributed by atoms with Gasteiger partial charge in [-0.25, -0.2) is 0 Å². The summed E-state index contributed by atoms with van der Waals surface area (Å²) in [6.45, 7) is 3.84. The molecule has 3 heteroatoms. The molecule has 0 bridgehead atoms. The van der Waals surface area contributed by atoms with Crippen molar-refractivity contribution < 1.29 is 32.7 Å². The molecule has 0 aromatic carbocycles. The average Bonchev–Trinajstić information content (AvgIpc) is 1.87. The molecule has 8 heavy (non-hydrogen) atoms. The van der Waals surface area contributed by atoms with Crippen molar-refractivity contribution in [2.45, 2.75) is 13.8 Å². The normalized spacial score (nSPS) is 8.25. The van der Waals surface area contributed by atoms with Crippen molar-refractivity contribution in [3.05, 3.63) is 17.7 Å².